The van der Waals surface area contributed by atoms with Crippen molar-refractivity contribution in [2.75, 3.05) is 0 Å². The summed E-state index contributed by atoms with van der Waals surface area (Å²) in [5.41, 5.74) is 7.83. The number of hydrogen-bond donors (Lipinski definition) is 0. The van der Waals surface area contributed by atoms with Gasteiger partial charge in [0, 0.05) is 10.5 Å². The van der Waals surface area contributed by atoms with Gasteiger partial charge in [0.2, 0.25) is 0 Å². The van der Waals surface area contributed by atoms with Gasteiger partial charge in [-0.05, 0) is 39.3 Å². The Morgan fingerprint density at radius 1 is 0.326 bits per heavy atom. The van der Waals surface area contributed by atoms with E-state index in [1.54, 1.807) is 0 Å². The van der Waals surface area contributed by atoms with E-state index in [4.69, 9.17) is 0 Å². The lowest BCUT2D eigenvalue weighted by Gasteiger charge is -2.44. The van der Waals surface area contributed by atoms with Crippen LogP contribution < -0.4 is 0 Å². The van der Waals surface area contributed by atoms with E-state index in [2.05, 4.69) is 226 Å². The zero-order valence-electron chi connectivity index (χ0n) is 26.9. The van der Waals surface area contributed by atoms with Crippen molar-refractivity contribution < 1.29 is 0 Å². The van der Waals surface area contributed by atoms with Gasteiger partial charge in [-0.1, -0.05) is 203 Å². The molecule has 0 saturated heterocycles. The maximum atomic E-state index is 2.46. The molecular weight excluding hydrogens is 593 g/mol. The lowest BCUT2D eigenvalue weighted by Crippen LogP contribution is -2.37. The fourth-order valence-electron chi connectivity index (χ4n) is 6.77. The standard InChI is InChI=1S/C44H42S2/c1-34(2)42(46-44(39-28-16-7-17-29-39,40-30-18-8-19-31-40)41-32-20-9-21-33-41)35(3)45-43(36-22-10-4-11-23-36,37-24-12-5-13-25-37)38-26-14-6-15-27-38/h4-35,42H,1-3H3. The largest absolute Gasteiger partial charge is 0.136 e. The third kappa shape index (κ3) is 6.34. The average molecular weight is 635 g/mol. The Labute approximate surface area is 284 Å². The van der Waals surface area contributed by atoms with Gasteiger partial charge in [0.25, 0.3) is 0 Å². The summed E-state index contributed by atoms with van der Waals surface area (Å²) in [4.78, 5) is 0. The van der Waals surface area contributed by atoms with Gasteiger partial charge in [0.1, 0.15) is 0 Å². The van der Waals surface area contributed by atoms with Crippen LogP contribution in [0.3, 0.4) is 0 Å². The molecule has 2 unspecified atom stereocenters. The molecule has 0 spiro atoms. The third-order valence-electron chi connectivity index (χ3n) is 8.88. The molecule has 0 N–H and O–H groups in total. The predicted molar refractivity (Wildman–Crippen MR) is 202 cm³/mol. The molecule has 0 nitrogen and oxygen atoms in total. The molecule has 0 aliphatic rings. The molecule has 46 heavy (non-hydrogen) atoms. The summed E-state index contributed by atoms with van der Waals surface area (Å²) >= 11 is 4.21. The van der Waals surface area contributed by atoms with Crippen molar-refractivity contribution in [1.29, 1.82) is 0 Å². The topological polar surface area (TPSA) is 0 Å². The normalized spacial score (nSPS) is 13.3. The van der Waals surface area contributed by atoms with Crippen LogP contribution in [-0.2, 0) is 9.49 Å². The van der Waals surface area contributed by atoms with E-state index in [9.17, 15) is 0 Å². The van der Waals surface area contributed by atoms with E-state index in [1.165, 1.54) is 33.4 Å². The van der Waals surface area contributed by atoms with Crippen LogP contribution in [0.15, 0.2) is 182 Å². The van der Waals surface area contributed by atoms with E-state index < -0.39 is 0 Å². The molecule has 0 aromatic heterocycles. The molecule has 0 saturated carbocycles. The summed E-state index contributed by atoms with van der Waals surface area (Å²) in [5, 5.41) is 0.585. The molecule has 6 aromatic rings. The Bertz CT molecular complexity index is 1560. The molecule has 2 heteroatoms. The highest BCUT2D eigenvalue weighted by Crippen LogP contribution is 2.56. The Balaban J connectivity index is 1.53. The highest BCUT2D eigenvalue weighted by molar-refractivity contribution is 8.05. The number of benzene rings is 6. The van der Waals surface area contributed by atoms with Crippen LogP contribution >= 0.6 is 23.5 Å². The van der Waals surface area contributed by atoms with Gasteiger partial charge in [-0.3, -0.25) is 0 Å². The van der Waals surface area contributed by atoms with E-state index in [-0.39, 0.29) is 14.7 Å². The molecular formula is C44H42S2. The molecule has 230 valence electrons. The van der Waals surface area contributed by atoms with Gasteiger partial charge in [0.05, 0.1) is 9.49 Å². The SMILES string of the molecule is CC(C)C(SC(c1ccccc1)(c1ccccc1)c1ccccc1)C(C)SC(c1ccccc1)(c1ccccc1)c1ccccc1. The number of rotatable bonds is 12. The van der Waals surface area contributed by atoms with Crippen molar-refractivity contribution in [1.82, 2.24) is 0 Å². The van der Waals surface area contributed by atoms with Crippen LogP contribution in [0.1, 0.15) is 54.2 Å². The van der Waals surface area contributed by atoms with E-state index in [1.807, 2.05) is 0 Å². The van der Waals surface area contributed by atoms with Crippen LogP contribution in [0.25, 0.3) is 0 Å². The zero-order valence-corrected chi connectivity index (χ0v) is 28.5. The molecule has 0 amide bonds. The molecule has 0 aliphatic carbocycles. The first-order valence-electron chi connectivity index (χ1n) is 16.2. The minimum atomic E-state index is -0.386. The van der Waals surface area contributed by atoms with Crippen molar-refractivity contribution in [3.63, 3.8) is 0 Å². The van der Waals surface area contributed by atoms with Crippen LogP contribution in [0.2, 0.25) is 0 Å². The molecule has 0 fully saturated rings. The fraction of sp³-hybridized carbons (Fsp3) is 0.182. The zero-order chi connectivity index (χ0) is 31.8. The molecule has 6 rings (SSSR count). The monoisotopic (exact) mass is 634 g/mol. The van der Waals surface area contributed by atoms with E-state index in [0.717, 1.165) is 0 Å². The van der Waals surface area contributed by atoms with Crippen LogP contribution in [0.4, 0.5) is 0 Å². The highest BCUT2D eigenvalue weighted by Gasteiger charge is 2.45. The molecule has 2 atom stereocenters. The van der Waals surface area contributed by atoms with Gasteiger partial charge >= 0.3 is 0 Å². The molecule has 0 bridgehead atoms. The number of thioether (sulfide) groups is 2. The van der Waals surface area contributed by atoms with E-state index >= 15 is 0 Å². The molecule has 0 heterocycles. The average Bonchev–Trinajstić information content (AvgIpc) is 3.13. The first-order valence-corrected chi connectivity index (χ1v) is 18.0. The maximum Gasteiger partial charge on any atom is 0.0910 e. The first-order chi connectivity index (χ1) is 22.6. The van der Waals surface area contributed by atoms with Gasteiger partial charge < -0.3 is 0 Å². The predicted octanol–water partition coefficient (Wildman–Crippen LogP) is 11.9. The number of hydrogen-bond acceptors (Lipinski definition) is 2. The summed E-state index contributed by atoms with van der Waals surface area (Å²) in [5.74, 6) is 0.419. The Morgan fingerprint density at radius 2 is 0.543 bits per heavy atom. The van der Waals surface area contributed by atoms with Gasteiger partial charge in [-0.15, -0.1) is 23.5 Å². The van der Waals surface area contributed by atoms with Crippen molar-refractivity contribution in [2.45, 2.75) is 40.8 Å². The maximum absolute atomic E-state index is 2.46. The van der Waals surface area contributed by atoms with Gasteiger partial charge in [0.15, 0.2) is 0 Å². The summed E-state index contributed by atoms with van der Waals surface area (Å²) < 4.78 is -0.770. The summed E-state index contributed by atoms with van der Waals surface area (Å²) in [6.45, 7) is 7.25. The van der Waals surface area contributed by atoms with E-state index in [0.29, 0.717) is 11.2 Å². The second-order valence-electron chi connectivity index (χ2n) is 12.2. The van der Waals surface area contributed by atoms with Gasteiger partial charge in [-0.2, -0.15) is 0 Å². The lowest BCUT2D eigenvalue weighted by atomic mass is 9.84. The van der Waals surface area contributed by atoms with Crippen LogP contribution in [0.5, 0.6) is 0 Å². The summed E-state index contributed by atoms with van der Waals surface area (Å²) in [6.07, 6.45) is 0. The minimum Gasteiger partial charge on any atom is -0.136 e. The second-order valence-corrected chi connectivity index (χ2v) is 15.2. The smallest absolute Gasteiger partial charge is 0.0910 e. The third-order valence-corrected chi connectivity index (χ3v) is 13.1. The molecule has 0 aliphatic heterocycles. The van der Waals surface area contributed by atoms with Crippen molar-refractivity contribution in [3.05, 3.63) is 215 Å². The Hall–Kier alpha value is -3.98. The second kappa shape index (κ2) is 14.6. The first kappa shape index (κ1) is 32.0. The van der Waals surface area contributed by atoms with Crippen molar-refractivity contribution in [2.24, 2.45) is 5.92 Å². The Kier molecular flexibility index (Phi) is 10.2. The van der Waals surface area contributed by atoms with Crippen LogP contribution in [-0.4, -0.2) is 10.5 Å². The Morgan fingerprint density at radius 3 is 0.761 bits per heavy atom. The quantitative estimate of drug-likeness (QED) is 0.123. The molecule has 6 aromatic carbocycles. The molecule has 0 radical (unpaired) electrons. The van der Waals surface area contributed by atoms with Crippen molar-refractivity contribution >= 4 is 23.5 Å². The van der Waals surface area contributed by atoms with Crippen molar-refractivity contribution in [3.8, 4) is 0 Å². The highest BCUT2D eigenvalue weighted by atomic mass is 32.2. The van der Waals surface area contributed by atoms with Gasteiger partial charge in [-0.25, -0.2) is 0 Å². The summed E-state index contributed by atoms with van der Waals surface area (Å²) in [6, 6.07) is 66.6. The lowest BCUT2D eigenvalue weighted by molar-refractivity contribution is 0.595. The summed E-state index contributed by atoms with van der Waals surface area (Å²) in [7, 11) is 0. The fourth-order valence-corrected chi connectivity index (χ4v) is 10.6. The minimum absolute atomic E-state index is 0.279. The van der Waals surface area contributed by atoms with Crippen LogP contribution in [0, 0.1) is 5.92 Å².